The zero-order valence-electron chi connectivity index (χ0n) is 11.8. The van der Waals surface area contributed by atoms with Crippen LogP contribution in [-0.2, 0) is 0 Å². The Kier molecular flexibility index (Phi) is 3.48. The van der Waals surface area contributed by atoms with E-state index in [1.165, 1.54) is 6.42 Å². The van der Waals surface area contributed by atoms with Gasteiger partial charge < -0.3 is 16.1 Å². The molecule has 3 rings (SSSR count). The van der Waals surface area contributed by atoms with Crippen molar-refractivity contribution in [3.8, 4) is 0 Å². The summed E-state index contributed by atoms with van der Waals surface area (Å²) in [4.78, 5) is 7.27. The molecule has 2 heterocycles. The molecular weight excluding hydrogens is 252 g/mol. The first-order chi connectivity index (χ1) is 9.69. The molecule has 2 aromatic rings. The minimum atomic E-state index is 0.330. The van der Waals surface area contributed by atoms with Gasteiger partial charge in [0.05, 0.1) is 6.20 Å². The molecule has 0 saturated heterocycles. The van der Waals surface area contributed by atoms with Crippen molar-refractivity contribution < 1.29 is 0 Å². The first-order valence-electron chi connectivity index (χ1n) is 7.28. The molecule has 0 aromatic carbocycles. The summed E-state index contributed by atoms with van der Waals surface area (Å²) in [6.07, 6.45) is 6.77. The van der Waals surface area contributed by atoms with Gasteiger partial charge in [-0.25, -0.2) is 9.66 Å². The van der Waals surface area contributed by atoms with E-state index in [4.69, 9.17) is 11.1 Å². The minimum absolute atomic E-state index is 0.330. The average Bonchev–Trinajstić information content (AvgIpc) is 3.03. The van der Waals surface area contributed by atoms with Crippen molar-refractivity contribution in [2.45, 2.75) is 32.2 Å². The van der Waals surface area contributed by atoms with Gasteiger partial charge in [0.1, 0.15) is 5.52 Å². The number of fused-ring (bicyclic) bond motifs is 1. The largest absolute Gasteiger partial charge is 0.345 e. The Morgan fingerprint density at radius 1 is 1.50 bits per heavy atom. The van der Waals surface area contributed by atoms with Crippen molar-refractivity contribution in [2.75, 3.05) is 12.0 Å². The molecule has 5 N–H and O–H groups in total. The van der Waals surface area contributed by atoms with Crippen LogP contribution in [-0.4, -0.2) is 27.2 Å². The summed E-state index contributed by atoms with van der Waals surface area (Å²) in [6.45, 7) is 3.09. The van der Waals surface area contributed by atoms with Crippen LogP contribution in [0.4, 0.5) is 0 Å². The van der Waals surface area contributed by atoms with Crippen LogP contribution >= 0.6 is 0 Å². The number of hydrogen-bond donors (Lipinski definition) is 4. The van der Waals surface area contributed by atoms with E-state index in [-0.39, 0.29) is 0 Å². The second-order valence-corrected chi connectivity index (χ2v) is 5.71. The molecule has 1 aliphatic carbocycles. The fraction of sp³-hybridized carbons (Fsp3) is 0.571. The summed E-state index contributed by atoms with van der Waals surface area (Å²) < 4.78 is 1.80. The fourth-order valence-corrected chi connectivity index (χ4v) is 3.34. The van der Waals surface area contributed by atoms with Gasteiger partial charge in [0.15, 0.2) is 11.1 Å². The van der Waals surface area contributed by atoms with E-state index in [2.05, 4.69) is 22.3 Å². The van der Waals surface area contributed by atoms with Crippen molar-refractivity contribution >= 4 is 11.2 Å². The molecule has 3 atom stereocenters. The summed E-state index contributed by atoms with van der Waals surface area (Å²) >= 11 is 0. The molecule has 2 aromatic heterocycles. The lowest BCUT2D eigenvalue weighted by atomic mass is 9.94. The summed E-state index contributed by atoms with van der Waals surface area (Å²) in [7, 11) is 0. The maximum atomic E-state index is 8.00. The van der Waals surface area contributed by atoms with Crippen molar-refractivity contribution in [1.82, 2.24) is 14.6 Å². The third-order valence-corrected chi connectivity index (χ3v) is 4.42. The lowest BCUT2D eigenvalue weighted by molar-refractivity contribution is 0.385. The van der Waals surface area contributed by atoms with Gasteiger partial charge in [-0.05, 0) is 30.7 Å². The Bertz CT molecular complexity index is 642. The third-order valence-electron chi connectivity index (χ3n) is 4.42. The topological polar surface area (TPSA) is 95.5 Å². The van der Waals surface area contributed by atoms with Crippen molar-refractivity contribution in [3.05, 3.63) is 23.9 Å². The van der Waals surface area contributed by atoms with Gasteiger partial charge in [-0.2, -0.15) is 0 Å². The van der Waals surface area contributed by atoms with Gasteiger partial charge in [0.2, 0.25) is 0 Å². The second-order valence-electron chi connectivity index (χ2n) is 5.71. The van der Waals surface area contributed by atoms with Gasteiger partial charge in [0.25, 0.3) is 0 Å². The highest BCUT2D eigenvalue weighted by Crippen LogP contribution is 2.32. The highest BCUT2D eigenvalue weighted by molar-refractivity contribution is 5.70. The smallest absolute Gasteiger partial charge is 0.162 e. The van der Waals surface area contributed by atoms with Crippen molar-refractivity contribution in [3.63, 3.8) is 0 Å². The van der Waals surface area contributed by atoms with Crippen LogP contribution in [0.15, 0.2) is 18.5 Å². The molecule has 0 bridgehead atoms. The van der Waals surface area contributed by atoms with Crippen LogP contribution in [0.5, 0.6) is 0 Å². The number of aromatic nitrogens is 3. The van der Waals surface area contributed by atoms with Gasteiger partial charge in [-0.15, -0.1) is 0 Å². The molecule has 0 radical (unpaired) electrons. The number of rotatable bonds is 4. The van der Waals surface area contributed by atoms with E-state index in [1.807, 2.05) is 12.3 Å². The van der Waals surface area contributed by atoms with Crippen LogP contribution in [0, 0.1) is 17.2 Å². The Balaban J connectivity index is 1.78. The number of aromatic amines is 1. The quantitative estimate of drug-likeness (QED) is 0.673. The minimum Gasteiger partial charge on any atom is -0.345 e. The molecule has 1 fully saturated rings. The van der Waals surface area contributed by atoms with Crippen molar-refractivity contribution in [1.29, 1.82) is 5.41 Å². The Labute approximate surface area is 117 Å². The normalized spacial score (nSPS) is 26.2. The number of nitrogens with one attached hydrogen (secondary N) is 3. The van der Waals surface area contributed by atoms with Crippen LogP contribution in [0.3, 0.4) is 0 Å². The number of nitrogens with two attached hydrogens (primary N) is 1. The molecule has 0 spiro atoms. The molecule has 0 unspecified atom stereocenters. The number of nitrogens with zero attached hydrogens (tertiary/aromatic N) is 2. The van der Waals surface area contributed by atoms with Gasteiger partial charge in [-0.3, -0.25) is 5.41 Å². The average molecular weight is 274 g/mol. The van der Waals surface area contributed by atoms with E-state index in [9.17, 15) is 0 Å². The van der Waals surface area contributed by atoms with Crippen LogP contribution in [0.2, 0.25) is 0 Å². The predicted molar refractivity (Wildman–Crippen MR) is 78.6 cm³/mol. The van der Waals surface area contributed by atoms with E-state index < -0.39 is 0 Å². The Morgan fingerprint density at radius 2 is 2.30 bits per heavy atom. The molecule has 6 heteroatoms. The molecule has 0 amide bonds. The Hall–Kier alpha value is -1.82. The monoisotopic (exact) mass is 274 g/mol. The predicted octanol–water partition coefficient (Wildman–Crippen LogP) is 1.15. The fourth-order valence-electron chi connectivity index (χ4n) is 3.34. The van der Waals surface area contributed by atoms with E-state index >= 15 is 0 Å². The highest BCUT2D eigenvalue weighted by atomic mass is 15.4. The SMILES string of the molecule is CC[C@@H]1C[C@H](N)C[C@@H]1CNn1c(=N)cnc2[nH]ccc21. The van der Waals surface area contributed by atoms with Gasteiger partial charge in [0, 0.05) is 18.8 Å². The molecule has 20 heavy (non-hydrogen) atoms. The summed E-state index contributed by atoms with van der Waals surface area (Å²) in [5.74, 6) is 1.28. The highest BCUT2D eigenvalue weighted by Gasteiger charge is 2.30. The first kappa shape index (κ1) is 13.2. The third kappa shape index (κ3) is 2.31. The van der Waals surface area contributed by atoms with E-state index in [1.54, 1.807) is 10.9 Å². The summed E-state index contributed by atoms with van der Waals surface area (Å²) in [6, 6.07) is 2.27. The lowest BCUT2D eigenvalue weighted by Crippen LogP contribution is -2.33. The standard InChI is InChI=1S/C14H22N6/c1-2-9-5-11(15)6-10(9)7-19-20-12-3-4-17-14(12)18-8-13(20)16/h3-4,8-11,16-17,19H,2,5-7,15H2,1H3/t9-,10-,11+/m1/s1. The summed E-state index contributed by atoms with van der Waals surface area (Å²) in [5, 5.41) is 8.00. The lowest BCUT2D eigenvalue weighted by Gasteiger charge is -2.20. The Morgan fingerprint density at radius 3 is 3.10 bits per heavy atom. The van der Waals surface area contributed by atoms with Gasteiger partial charge >= 0.3 is 0 Å². The summed E-state index contributed by atoms with van der Waals surface area (Å²) in [5.41, 5.74) is 11.5. The second kappa shape index (κ2) is 5.28. The van der Waals surface area contributed by atoms with Crippen LogP contribution < -0.4 is 16.6 Å². The molecule has 1 aliphatic rings. The molecule has 0 aliphatic heterocycles. The number of hydrogen-bond acceptors (Lipinski definition) is 4. The molecule has 1 saturated carbocycles. The maximum absolute atomic E-state index is 8.00. The van der Waals surface area contributed by atoms with Crippen LogP contribution in [0.25, 0.3) is 11.2 Å². The van der Waals surface area contributed by atoms with Gasteiger partial charge in [-0.1, -0.05) is 13.3 Å². The zero-order chi connectivity index (χ0) is 14.1. The van der Waals surface area contributed by atoms with E-state index in [0.717, 1.165) is 30.6 Å². The van der Waals surface area contributed by atoms with E-state index in [0.29, 0.717) is 23.4 Å². The molecule has 108 valence electrons. The van der Waals surface area contributed by atoms with Crippen LogP contribution in [0.1, 0.15) is 26.2 Å². The maximum Gasteiger partial charge on any atom is 0.162 e. The first-order valence-corrected chi connectivity index (χ1v) is 7.28. The zero-order valence-corrected chi connectivity index (χ0v) is 11.8. The van der Waals surface area contributed by atoms with Crippen molar-refractivity contribution in [2.24, 2.45) is 17.6 Å². The molecular formula is C14H22N6. The molecule has 6 nitrogen and oxygen atoms in total. The number of H-pyrrole nitrogens is 1.